The molecule has 3 rings (SSSR count). The predicted octanol–water partition coefficient (Wildman–Crippen LogP) is 3.17. The highest BCUT2D eigenvalue weighted by Gasteiger charge is 2.37. The zero-order valence-corrected chi connectivity index (χ0v) is 13.8. The number of carbonyl (C=O) groups excluding carboxylic acids is 1. The van der Waals surface area contributed by atoms with Crippen LogP contribution in [0.1, 0.15) is 12.0 Å². The number of amides is 1. The van der Waals surface area contributed by atoms with E-state index in [0.717, 1.165) is 22.8 Å². The van der Waals surface area contributed by atoms with E-state index in [4.69, 9.17) is 9.47 Å². The van der Waals surface area contributed by atoms with Crippen molar-refractivity contribution in [3.63, 3.8) is 0 Å². The molecule has 5 nitrogen and oxygen atoms in total. The first kappa shape index (κ1) is 16.2. The normalized spacial score (nSPS) is 19.1. The Labute approximate surface area is 141 Å². The summed E-state index contributed by atoms with van der Waals surface area (Å²) in [4.78, 5) is 18.9. The second-order valence-electron chi connectivity index (χ2n) is 5.56. The van der Waals surface area contributed by atoms with Crippen LogP contribution in [0.25, 0.3) is 0 Å². The van der Waals surface area contributed by atoms with E-state index in [1.165, 1.54) is 0 Å². The minimum atomic E-state index is -0.467. The number of hydrogen-bond acceptors (Lipinski definition) is 4. The standard InChI is InChI=1S/C19H20N2O3/c1-23-16-10-8-15(9-11-16)20-18-12-17(24-2)19(22)21(18)13-14-6-4-3-5-7-14/h3-11,17H,12-13H2,1-2H3/t17-/m1/s1. The fourth-order valence-corrected chi connectivity index (χ4v) is 2.70. The number of methoxy groups -OCH3 is 2. The van der Waals surface area contributed by atoms with Gasteiger partial charge in [0.15, 0.2) is 0 Å². The average molecular weight is 324 g/mol. The summed E-state index contributed by atoms with van der Waals surface area (Å²) in [6, 6.07) is 17.3. The molecule has 0 N–H and O–H groups in total. The Morgan fingerprint density at radius 2 is 1.79 bits per heavy atom. The molecule has 0 saturated carbocycles. The third-order valence-corrected chi connectivity index (χ3v) is 4.02. The van der Waals surface area contributed by atoms with Gasteiger partial charge in [0.2, 0.25) is 0 Å². The first-order valence-electron chi connectivity index (χ1n) is 7.81. The fraction of sp³-hybridized carbons (Fsp3) is 0.263. The van der Waals surface area contributed by atoms with E-state index >= 15 is 0 Å². The second kappa shape index (κ2) is 7.27. The Morgan fingerprint density at radius 3 is 2.42 bits per heavy atom. The molecule has 1 heterocycles. The molecular formula is C19H20N2O3. The lowest BCUT2D eigenvalue weighted by Crippen LogP contribution is -2.32. The van der Waals surface area contributed by atoms with Crippen LogP contribution in [0.3, 0.4) is 0 Å². The Morgan fingerprint density at radius 1 is 1.08 bits per heavy atom. The molecule has 1 aliphatic rings. The third-order valence-electron chi connectivity index (χ3n) is 4.02. The van der Waals surface area contributed by atoms with Crippen LogP contribution >= 0.6 is 0 Å². The van der Waals surface area contributed by atoms with Gasteiger partial charge in [-0.1, -0.05) is 30.3 Å². The van der Waals surface area contributed by atoms with Gasteiger partial charge in [0, 0.05) is 13.5 Å². The molecule has 1 fully saturated rings. The summed E-state index contributed by atoms with van der Waals surface area (Å²) < 4.78 is 10.5. The average Bonchev–Trinajstić information content (AvgIpc) is 2.92. The smallest absolute Gasteiger partial charge is 0.257 e. The Kier molecular flexibility index (Phi) is 4.91. The highest BCUT2D eigenvalue weighted by Crippen LogP contribution is 2.24. The third kappa shape index (κ3) is 3.46. The molecule has 24 heavy (non-hydrogen) atoms. The van der Waals surface area contributed by atoms with Gasteiger partial charge in [-0.05, 0) is 29.8 Å². The van der Waals surface area contributed by atoms with Gasteiger partial charge in [-0.2, -0.15) is 0 Å². The van der Waals surface area contributed by atoms with Crippen molar-refractivity contribution in [3.8, 4) is 5.75 Å². The van der Waals surface area contributed by atoms with Gasteiger partial charge < -0.3 is 9.47 Å². The molecule has 0 bridgehead atoms. The number of rotatable bonds is 5. The molecule has 1 atom stereocenters. The van der Waals surface area contributed by atoms with Crippen LogP contribution < -0.4 is 4.74 Å². The van der Waals surface area contributed by atoms with Gasteiger partial charge in [-0.3, -0.25) is 9.69 Å². The number of ether oxygens (including phenoxy) is 2. The molecule has 0 unspecified atom stereocenters. The molecule has 2 aromatic rings. The topological polar surface area (TPSA) is 51.1 Å². The summed E-state index contributed by atoms with van der Waals surface area (Å²) in [6.07, 6.45) is 0.0134. The van der Waals surface area contributed by atoms with Crippen molar-refractivity contribution in [2.24, 2.45) is 4.99 Å². The number of carbonyl (C=O) groups is 1. The van der Waals surface area contributed by atoms with Crippen molar-refractivity contribution >= 4 is 17.4 Å². The Hall–Kier alpha value is -2.66. The van der Waals surface area contributed by atoms with Crippen LogP contribution in [0.2, 0.25) is 0 Å². The monoisotopic (exact) mass is 324 g/mol. The number of aliphatic imine (C=N–C) groups is 1. The largest absolute Gasteiger partial charge is 0.497 e. The van der Waals surface area contributed by atoms with Crippen LogP contribution in [0.5, 0.6) is 5.75 Å². The van der Waals surface area contributed by atoms with Crippen molar-refractivity contribution in [2.45, 2.75) is 19.1 Å². The predicted molar refractivity (Wildman–Crippen MR) is 92.5 cm³/mol. The summed E-state index contributed by atoms with van der Waals surface area (Å²) in [5.74, 6) is 1.45. The van der Waals surface area contributed by atoms with E-state index in [0.29, 0.717) is 13.0 Å². The molecule has 1 amide bonds. The Bertz CT molecular complexity index is 726. The first-order valence-corrected chi connectivity index (χ1v) is 7.81. The van der Waals surface area contributed by atoms with Gasteiger partial charge >= 0.3 is 0 Å². The molecule has 2 aromatic carbocycles. The van der Waals surface area contributed by atoms with Crippen molar-refractivity contribution in [1.82, 2.24) is 4.90 Å². The van der Waals surface area contributed by atoms with Crippen LogP contribution in [0, 0.1) is 0 Å². The SMILES string of the molecule is COc1ccc(N=C2C[C@@H](OC)C(=O)N2Cc2ccccc2)cc1. The first-order chi connectivity index (χ1) is 11.7. The number of nitrogens with zero attached hydrogens (tertiary/aromatic N) is 2. The van der Waals surface area contributed by atoms with Crippen molar-refractivity contribution in [3.05, 3.63) is 60.2 Å². The number of amidine groups is 1. The quantitative estimate of drug-likeness (QED) is 0.849. The molecule has 1 saturated heterocycles. The molecule has 124 valence electrons. The van der Waals surface area contributed by atoms with E-state index < -0.39 is 6.10 Å². The van der Waals surface area contributed by atoms with Gasteiger partial charge in [0.05, 0.1) is 19.3 Å². The van der Waals surface area contributed by atoms with Gasteiger partial charge in [0.25, 0.3) is 5.91 Å². The summed E-state index contributed by atoms with van der Waals surface area (Å²) in [7, 11) is 3.18. The van der Waals surface area contributed by atoms with Crippen molar-refractivity contribution in [1.29, 1.82) is 0 Å². The zero-order valence-electron chi connectivity index (χ0n) is 13.8. The summed E-state index contributed by atoms with van der Waals surface area (Å²) in [6.45, 7) is 0.495. The van der Waals surface area contributed by atoms with Crippen LogP contribution in [-0.2, 0) is 16.1 Å². The molecule has 0 aromatic heterocycles. The minimum absolute atomic E-state index is 0.0476. The van der Waals surface area contributed by atoms with Gasteiger partial charge in [0.1, 0.15) is 17.7 Å². The van der Waals surface area contributed by atoms with Gasteiger partial charge in [-0.15, -0.1) is 0 Å². The molecule has 0 spiro atoms. The summed E-state index contributed by atoms with van der Waals surface area (Å²) >= 11 is 0. The van der Waals surface area contributed by atoms with E-state index in [1.54, 1.807) is 19.1 Å². The number of benzene rings is 2. The number of likely N-dealkylation sites (tertiary alicyclic amines) is 1. The second-order valence-corrected chi connectivity index (χ2v) is 5.56. The van der Waals surface area contributed by atoms with Gasteiger partial charge in [-0.25, -0.2) is 4.99 Å². The lowest BCUT2D eigenvalue weighted by Gasteiger charge is -2.17. The van der Waals surface area contributed by atoms with Crippen LogP contribution in [-0.4, -0.2) is 37.0 Å². The number of hydrogen-bond donors (Lipinski definition) is 0. The molecule has 1 aliphatic heterocycles. The highest BCUT2D eigenvalue weighted by atomic mass is 16.5. The van der Waals surface area contributed by atoms with E-state index in [2.05, 4.69) is 4.99 Å². The summed E-state index contributed by atoms with van der Waals surface area (Å²) in [5.41, 5.74) is 1.85. The Balaban J connectivity index is 1.87. The fourth-order valence-electron chi connectivity index (χ4n) is 2.70. The van der Waals surface area contributed by atoms with E-state index in [9.17, 15) is 4.79 Å². The lowest BCUT2D eigenvalue weighted by atomic mass is 10.2. The minimum Gasteiger partial charge on any atom is -0.497 e. The maximum absolute atomic E-state index is 12.5. The van der Waals surface area contributed by atoms with E-state index in [1.807, 2.05) is 54.6 Å². The van der Waals surface area contributed by atoms with E-state index in [-0.39, 0.29) is 5.91 Å². The lowest BCUT2D eigenvalue weighted by molar-refractivity contribution is -0.134. The van der Waals surface area contributed by atoms with Crippen molar-refractivity contribution in [2.75, 3.05) is 14.2 Å². The highest BCUT2D eigenvalue weighted by molar-refractivity contribution is 6.08. The molecule has 5 heteroatoms. The molecule has 0 aliphatic carbocycles. The maximum atomic E-state index is 12.5. The van der Waals surface area contributed by atoms with Crippen molar-refractivity contribution < 1.29 is 14.3 Å². The maximum Gasteiger partial charge on any atom is 0.257 e. The van der Waals surface area contributed by atoms with Crippen LogP contribution in [0.4, 0.5) is 5.69 Å². The summed E-state index contributed by atoms with van der Waals surface area (Å²) in [5, 5.41) is 0. The van der Waals surface area contributed by atoms with Crippen LogP contribution in [0.15, 0.2) is 59.6 Å². The zero-order chi connectivity index (χ0) is 16.9. The molecular weight excluding hydrogens is 304 g/mol. The molecule has 0 radical (unpaired) electrons.